The zero-order chi connectivity index (χ0) is 33.0. The zero-order valence-corrected chi connectivity index (χ0v) is 25.8. The SMILES string of the molecule is Cc1ccc(NN2C(=O)[C@@H]3C[C@@H]4C(=CC[C@@H]5C(=O)N(CCCC(=O)O)C(=O)[C@@H]54)[C@H](c4ccc(O)cc4)[C@]3(c3ccccc3)C2=O)cc1. The summed E-state index contributed by atoms with van der Waals surface area (Å²) in [6.07, 6.45) is 2.43. The molecule has 0 unspecified atom stereocenters. The summed E-state index contributed by atoms with van der Waals surface area (Å²) in [5, 5.41) is 20.5. The first-order chi connectivity index (χ1) is 22.6. The zero-order valence-electron chi connectivity index (χ0n) is 25.8. The van der Waals surface area contributed by atoms with Gasteiger partial charge in [0, 0.05) is 18.9 Å². The second kappa shape index (κ2) is 11.5. The van der Waals surface area contributed by atoms with Gasteiger partial charge in [-0.25, -0.2) is 0 Å². The monoisotopic (exact) mass is 633 g/mol. The summed E-state index contributed by atoms with van der Waals surface area (Å²) in [5.41, 5.74) is 5.50. The second-order valence-electron chi connectivity index (χ2n) is 13.0. The number of fused-ring (bicyclic) bond motifs is 4. The van der Waals surface area contributed by atoms with E-state index in [0.29, 0.717) is 16.8 Å². The summed E-state index contributed by atoms with van der Waals surface area (Å²) in [4.78, 5) is 69.5. The van der Waals surface area contributed by atoms with E-state index in [1.807, 2.05) is 55.5 Å². The van der Waals surface area contributed by atoms with E-state index in [9.17, 15) is 24.3 Å². The Morgan fingerprint density at radius 1 is 0.894 bits per heavy atom. The maximum Gasteiger partial charge on any atom is 0.303 e. The van der Waals surface area contributed by atoms with E-state index < -0.39 is 52.8 Å². The molecule has 0 radical (unpaired) electrons. The third-order valence-corrected chi connectivity index (χ3v) is 10.5. The van der Waals surface area contributed by atoms with Gasteiger partial charge in [0.1, 0.15) is 5.75 Å². The maximum absolute atomic E-state index is 15.0. The average Bonchev–Trinajstić information content (AvgIpc) is 3.43. The molecule has 0 aromatic heterocycles. The highest BCUT2D eigenvalue weighted by Gasteiger charge is 2.70. The van der Waals surface area contributed by atoms with Gasteiger partial charge in [-0.2, -0.15) is 5.01 Å². The lowest BCUT2D eigenvalue weighted by Gasteiger charge is -2.50. The van der Waals surface area contributed by atoms with Crippen molar-refractivity contribution >= 4 is 35.3 Å². The number of aliphatic carboxylic acids is 1. The smallest absolute Gasteiger partial charge is 0.303 e. The van der Waals surface area contributed by atoms with E-state index in [1.54, 1.807) is 36.4 Å². The summed E-state index contributed by atoms with van der Waals surface area (Å²) in [6, 6.07) is 23.3. The number of rotatable bonds is 8. The van der Waals surface area contributed by atoms with Crippen molar-refractivity contribution in [2.24, 2.45) is 23.7 Å². The number of aromatic hydroxyl groups is 1. The van der Waals surface area contributed by atoms with E-state index in [1.165, 1.54) is 4.90 Å². The summed E-state index contributed by atoms with van der Waals surface area (Å²) in [5.74, 6) is -5.88. The van der Waals surface area contributed by atoms with Crippen molar-refractivity contribution in [1.29, 1.82) is 0 Å². The predicted octanol–water partition coefficient (Wildman–Crippen LogP) is 4.55. The van der Waals surface area contributed by atoms with Gasteiger partial charge < -0.3 is 10.2 Å². The highest BCUT2D eigenvalue weighted by atomic mass is 16.4. The van der Waals surface area contributed by atoms with Crippen molar-refractivity contribution in [1.82, 2.24) is 9.91 Å². The van der Waals surface area contributed by atoms with E-state index in [-0.39, 0.29) is 49.8 Å². The Morgan fingerprint density at radius 3 is 2.28 bits per heavy atom. The molecule has 7 rings (SSSR count). The molecule has 10 nitrogen and oxygen atoms in total. The van der Waals surface area contributed by atoms with Gasteiger partial charge in [0.25, 0.3) is 11.8 Å². The largest absolute Gasteiger partial charge is 0.508 e. The highest BCUT2D eigenvalue weighted by molar-refractivity contribution is 6.13. The number of phenols is 1. The fraction of sp³-hybridized carbons (Fsp3) is 0.324. The van der Waals surface area contributed by atoms with Crippen LogP contribution in [0, 0.1) is 30.6 Å². The normalized spacial score (nSPS) is 28.1. The number of anilines is 1. The van der Waals surface area contributed by atoms with Crippen molar-refractivity contribution in [2.75, 3.05) is 12.0 Å². The number of amides is 4. The molecule has 2 aliphatic carbocycles. The highest BCUT2D eigenvalue weighted by Crippen LogP contribution is 2.64. The number of carbonyl (C=O) groups is 5. The van der Waals surface area contributed by atoms with Gasteiger partial charge in [0.05, 0.1) is 28.9 Å². The molecule has 47 heavy (non-hydrogen) atoms. The number of hydrazine groups is 1. The first kappa shape index (κ1) is 30.4. The molecule has 4 aliphatic rings. The molecule has 10 heteroatoms. The molecule has 6 atom stereocenters. The van der Waals surface area contributed by atoms with E-state index >= 15 is 4.79 Å². The van der Waals surface area contributed by atoms with E-state index in [4.69, 9.17) is 5.11 Å². The molecular formula is C37H35N3O7. The third-order valence-electron chi connectivity index (χ3n) is 10.5. The first-order valence-electron chi connectivity index (χ1n) is 16.0. The standard InChI is InChI=1S/C37H35N3O7/c1-21-9-13-24(14-10-21)38-40-34(45)29-20-28-26(17-18-27-31(28)35(46)39(33(27)44)19-5-8-30(42)43)32(22-11-15-25(41)16-12-22)37(29,36(40)47)23-6-3-2-4-7-23/h2-4,6-7,9-17,27-29,31-32,38,41H,5,8,18-20H2,1H3,(H,42,43)/t27-,28+,29-,31-,32-,37+/m0/s1. The van der Waals surface area contributed by atoms with E-state index in [0.717, 1.165) is 16.1 Å². The number of carboxylic acid groups (broad SMARTS) is 1. The minimum absolute atomic E-state index is 0.0173. The Bertz CT molecular complexity index is 1800. The van der Waals surface area contributed by atoms with Crippen LogP contribution in [0.5, 0.6) is 5.75 Å². The van der Waals surface area contributed by atoms with Gasteiger partial charge in [0.2, 0.25) is 11.8 Å². The van der Waals surface area contributed by atoms with Crippen LogP contribution in [-0.4, -0.2) is 56.3 Å². The number of likely N-dealkylation sites (tertiary alicyclic amines) is 1. The van der Waals surface area contributed by atoms with Gasteiger partial charge in [-0.15, -0.1) is 0 Å². The number of imide groups is 2. The van der Waals surface area contributed by atoms with E-state index in [2.05, 4.69) is 5.43 Å². The Balaban J connectivity index is 1.37. The van der Waals surface area contributed by atoms with Gasteiger partial charge in [-0.05, 0) is 67.5 Å². The Labute approximate surface area is 271 Å². The van der Waals surface area contributed by atoms with Crippen LogP contribution in [0.2, 0.25) is 0 Å². The number of nitrogens with zero attached hydrogens (tertiary/aromatic N) is 2. The molecule has 0 spiro atoms. The lowest BCUT2D eigenvalue weighted by atomic mass is 9.49. The van der Waals surface area contributed by atoms with Crippen LogP contribution in [0.3, 0.4) is 0 Å². The van der Waals surface area contributed by atoms with Crippen LogP contribution in [-0.2, 0) is 29.4 Å². The molecule has 2 saturated heterocycles. The lowest BCUT2D eigenvalue weighted by molar-refractivity contribution is -0.142. The molecular weight excluding hydrogens is 598 g/mol. The maximum atomic E-state index is 15.0. The van der Waals surface area contributed by atoms with Crippen molar-refractivity contribution in [3.05, 3.63) is 107 Å². The predicted molar refractivity (Wildman–Crippen MR) is 170 cm³/mol. The van der Waals surface area contributed by atoms with Crippen molar-refractivity contribution < 1.29 is 34.2 Å². The molecule has 3 aromatic carbocycles. The number of allylic oxidation sites excluding steroid dienone is 2. The second-order valence-corrected chi connectivity index (χ2v) is 13.0. The number of hydrogen-bond donors (Lipinski definition) is 3. The first-order valence-corrected chi connectivity index (χ1v) is 16.0. The number of phenolic OH excluding ortho intramolecular Hbond substituents is 1. The van der Waals surface area contributed by atoms with Crippen molar-refractivity contribution in [3.8, 4) is 5.75 Å². The van der Waals surface area contributed by atoms with Crippen molar-refractivity contribution in [3.63, 3.8) is 0 Å². The van der Waals surface area contributed by atoms with Gasteiger partial charge in [-0.3, -0.25) is 34.3 Å². The number of hydrogen-bond acceptors (Lipinski definition) is 7. The van der Waals surface area contributed by atoms with Gasteiger partial charge in [-0.1, -0.05) is 71.8 Å². The molecule has 2 aliphatic heterocycles. The Hall–Kier alpha value is -5.25. The van der Waals surface area contributed by atoms with Gasteiger partial charge in [0.15, 0.2) is 0 Å². The summed E-state index contributed by atoms with van der Waals surface area (Å²) < 4.78 is 0. The van der Waals surface area contributed by atoms with Crippen LogP contribution in [0.25, 0.3) is 0 Å². The quantitative estimate of drug-likeness (QED) is 0.242. The molecule has 3 aromatic rings. The van der Waals surface area contributed by atoms with Crippen LogP contribution in [0.15, 0.2) is 90.5 Å². The molecule has 0 bridgehead atoms. The molecule has 3 N–H and O–H groups in total. The minimum atomic E-state index is -1.38. The van der Waals surface area contributed by atoms with Crippen molar-refractivity contribution in [2.45, 2.75) is 43.9 Å². The minimum Gasteiger partial charge on any atom is -0.508 e. The number of carboxylic acids is 1. The average molecular weight is 634 g/mol. The fourth-order valence-electron chi connectivity index (χ4n) is 8.46. The number of carbonyl (C=O) groups excluding carboxylic acids is 4. The Kier molecular flexibility index (Phi) is 7.45. The number of aryl methyl sites for hydroxylation is 1. The van der Waals surface area contributed by atoms with Crippen LogP contribution >= 0.6 is 0 Å². The summed E-state index contributed by atoms with van der Waals surface area (Å²) in [7, 11) is 0. The lowest BCUT2D eigenvalue weighted by Crippen LogP contribution is -2.53. The molecule has 2 heterocycles. The molecule has 240 valence electrons. The molecule has 3 fully saturated rings. The number of benzene rings is 3. The molecule has 1 saturated carbocycles. The number of nitrogens with one attached hydrogen (secondary N) is 1. The Morgan fingerprint density at radius 2 is 1.60 bits per heavy atom. The van der Waals surface area contributed by atoms with Crippen LogP contribution in [0.1, 0.15) is 48.3 Å². The van der Waals surface area contributed by atoms with Crippen LogP contribution < -0.4 is 5.43 Å². The third kappa shape index (κ3) is 4.73. The van der Waals surface area contributed by atoms with Crippen LogP contribution in [0.4, 0.5) is 5.69 Å². The fourth-order valence-corrected chi connectivity index (χ4v) is 8.46. The van der Waals surface area contributed by atoms with Gasteiger partial charge >= 0.3 is 5.97 Å². The topological polar surface area (TPSA) is 144 Å². The summed E-state index contributed by atoms with van der Waals surface area (Å²) in [6.45, 7) is 1.96. The molecule has 4 amide bonds. The summed E-state index contributed by atoms with van der Waals surface area (Å²) >= 11 is 0.